The smallest absolute Gasteiger partial charge is 0.222 e. The van der Waals surface area contributed by atoms with Crippen molar-refractivity contribution in [3.05, 3.63) is 0 Å². The van der Waals surface area contributed by atoms with Crippen LogP contribution in [0.15, 0.2) is 0 Å². The molecular formula is C13H26N2O3. The molecule has 0 spiro atoms. The van der Waals surface area contributed by atoms with E-state index in [0.29, 0.717) is 32.5 Å². The zero-order valence-electron chi connectivity index (χ0n) is 12.0. The minimum atomic E-state index is -0.0182. The number of nitrogens with one attached hydrogen (secondary N) is 1. The van der Waals surface area contributed by atoms with E-state index >= 15 is 0 Å². The molecule has 2 amide bonds. The molecule has 0 aromatic rings. The second-order valence-corrected chi connectivity index (χ2v) is 4.54. The first-order chi connectivity index (χ1) is 8.47. The fraction of sp³-hybridized carbons (Fsp3) is 0.846. The van der Waals surface area contributed by atoms with Gasteiger partial charge in [0.1, 0.15) is 0 Å². The number of carbonyl (C=O) groups excluding carboxylic acids is 2. The van der Waals surface area contributed by atoms with Crippen molar-refractivity contribution < 1.29 is 14.3 Å². The summed E-state index contributed by atoms with van der Waals surface area (Å²) in [6.07, 6.45) is 1.88. The third kappa shape index (κ3) is 8.98. The van der Waals surface area contributed by atoms with Gasteiger partial charge in [-0.2, -0.15) is 0 Å². The maximum absolute atomic E-state index is 11.5. The lowest BCUT2D eigenvalue weighted by molar-refractivity contribution is -0.130. The van der Waals surface area contributed by atoms with Gasteiger partial charge in [0, 0.05) is 39.6 Å². The van der Waals surface area contributed by atoms with E-state index in [9.17, 15) is 9.59 Å². The number of rotatable bonds is 9. The number of carbonyl (C=O) groups is 2. The molecule has 0 aromatic carbocycles. The maximum Gasteiger partial charge on any atom is 0.222 e. The number of hydrogen-bond acceptors (Lipinski definition) is 3. The molecule has 0 saturated carbocycles. The summed E-state index contributed by atoms with van der Waals surface area (Å²) in [4.78, 5) is 24.3. The molecule has 5 heteroatoms. The number of nitrogens with zero attached hydrogens (tertiary/aromatic N) is 1. The zero-order valence-corrected chi connectivity index (χ0v) is 12.0. The van der Waals surface area contributed by atoms with Crippen LogP contribution in [0.5, 0.6) is 0 Å². The standard InChI is InChI=1S/C13H26N2O3/c1-5-13(17)15(4)9-7-12(16)14-8-6-10-18-11(2)3/h11H,5-10H2,1-4H3,(H,14,16). The van der Waals surface area contributed by atoms with Gasteiger partial charge in [-0.3, -0.25) is 9.59 Å². The Balaban J connectivity index is 3.51. The molecule has 0 aliphatic heterocycles. The van der Waals surface area contributed by atoms with Gasteiger partial charge < -0.3 is 15.0 Å². The largest absolute Gasteiger partial charge is 0.379 e. The lowest BCUT2D eigenvalue weighted by Gasteiger charge is -2.15. The SMILES string of the molecule is CCC(=O)N(C)CCC(=O)NCCCOC(C)C. The molecule has 0 rings (SSSR count). The molecule has 0 bridgehead atoms. The van der Waals surface area contributed by atoms with E-state index in [1.165, 1.54) is 0 Å². The van der Waals surface area contributed by atoms with Crippen molar-refractivity contribution in [3.8, 4) is 0 Å². The van der Waals surface area contributed by atoms with Gasteiger partial charge in [0.15, 0.2) is 0 Å². The zero-order chi connectivity index (χ0) is 14.0. The summed E-state index contributed by atoms with van der Waals surface area (Å²) in [5.74, 6) is 0.0448. The summed E-state index contributed by atoms with van der Waals surface area (Å²) in [7, 11) is 1.72. The summed E-state index contributed by atoms with van der Waals surface area (Å²) >= 11 is 0. The van der Waals surface area contributed by atoms with Crippen molar-refractivity contribution >= 4 is 11.8 Å². The van der Waals surface area contributed by atoms with Crippen molar-refractivity contribution in [3.63, 3.8) is 0 Å². The van der Waals surface area contributed by atoms with E-state index in [2.05, 4.69) is 5.32 Å². The summed E-state index contributed by atoms with van der Waals surface area (Å²) in [5, 5.41) is 2.81. The molecule has 5 nitrogen and oxygen atoms in total. The molecule has 0 unspecified atom stereocenters. The van der Waals surface area contributed by atoms with Crippen molar-refractivity contribution in [2.24, 2.45) is 0 Å². The Hall–Kier alpha value is -1.10. The van der Waals surface area contributed by atoms with Crippen molar-refractivity contribution in [2.75, 3.05) is 26.7 Å². The number of hydrogen-bond donors (Lipinski definition) is 1. The quantitative estimate of drug-likeness (QED) is 0.632. The summed E-state index contributed by atoms with van der Waals surface area (Å²) in [6.45, 7) is 7.54. The second-order valence-electron chi connectivity index (χ2n) is 4.54. The Labute approximate surface area is 110 Å². The lowest BCUT2D eigenvalue weighted by atomic mass is 10.3. The maximum atomic E-state index is 11.5. The number of ether oxygens (including phenoxy) is 1. The van der Waals surface area contributed by atoms with Crippen LogP contribution in [0.25, 0.3) is 0 Å². The first-order valence-corrected chi connectivity index (χ1v) is 6.59. The number of amides is 2. The molecule has 0 fully saturated rings. The Morgan fingerprint density at radius 3 is 2.56 bits per heavy atom. The van der Waals surface area contributed by atoms with Crippen LogP contribution in [0, 0.1) is 0 Å². The Morgan fingerprint density at radius 1 is 1.33 bits per heavy atom. The summed E-state index contributed by atoms with van der Waals surface area (Å²) in [5.41, 5.74) is 0. The predicted octanol–water partition coefficient (Wildman–Crippen LogP) is 1.18. The summed E-state index contributed by atoms with van der Waals surface area (Å²) < 4.78 is 5.36. The minimum absolute atomic E-state index is 0.0182. The highest BCUT2D eigenvalue weighted by Gasteiger charge is 2.08. The van der Waals surface area contributed by atoms with Crippen LogP contribution in [0.3, 0.4) is 0 Å². The van der Waals surface area contributed by atoms with E-state index < -0.39 is 0 Å². The van der Waals surface area contributed by atoms with Crippen molar-refractivity contribution in [1.82, 2.24) is 10.2 Å². The molecule has 0 saturated heterocycles. The van der Waals surface area contributed by atoms with Gasteiger partial charge in [-0.1, -0.05) is 6.92 Å². The third-order valence-corrected chi connectivity index (χ3v) is 2.50. The molecule has 0 aromatic heterocycles. The molecule has 106 valence electrons. The molecule has 0 atom stereocenters. The molecule has 0 aliphatic rings. The first kappa shape index (κ1) is 16.9. The lowest BCUT2D eigenvalue weighted by Crippen LogP contribution is -2.32. The van der Waals surface area contributed by atoms with Crippen LogP contribution in [0.1, 0.15) is 40.0 Å². The van der Waals surface area contributed by atoms with Gasteiger partial charge in [0.05, 0.1) is 6.10 Å². The summed E-state index contributed by atoms with van der Waals surface area (Å²) in [6, 6.07) is 0. The average molecular weight is 258 g/mol. The molecule has 0 radical (unpaired) electrons. The monoisotopic (exact) mass is 258 g/mol. The van der Waals surface area contributed by atoms with Crippen molar-refractivity contribution in [2.45, 2.75) is 46.1 Å². The fourth-order valence-electron chi connectivity index (χ4n) is 1.37. The Bertz CT molecular complexity index is 255. The van der Waals surface area contributed by atoms with Crippen LogP contribution >= 0.6 is 0 Å². The van der Waals surface area contributed by atoms with E-state index in [4.69, 9.17) is 4.74 Å². The van der Waals surface area contributed by atoms with Crippen molar-refractivity contribution in [1.29, 1.82) is 0 Å². The molecule has 0 aliphatic carbocycles. The molecular weight excluding hydrogens is 232 g/mol. The van der Waals surface area contributed by atoms with Gasteiger partial charge in [-0.05, 0) is 20.3 Å². The van der Waals surface area contributed by atoms with Crippen LogP contribution < -0.4 is 5.32 Å². The average Bonchev–Trinajstić information content (AvgIpc) is 2.34. The topological polar surface area (TPSA) is 58.6 Å². The van der Waals surface area contributed by atoms with Gasteiger partial charge >= 0.3 is 0 Å². The normalized spacial score (nSPS) is 10.5. The van der Waals surface area contributed by atoms with E-state index in [1.807, 2.05) is 20.8 Å². The van der Waals surface area contributed by atoms with Crippen LogP contribution in [-0.4, -0.2) is 49.6 Å². The molecule has 0 heterocycles. The van der Waals surface area contributed by atoms with E-state index in [-0.39, 0.29) is 17.9 Å². The molecule has 18 heavy (non-hydrogen) atoms. The van der Waals surface area contributed by atoms with Crippen LogP contribution in [0.4, 0.5) is 0 Å². The second kappa shape index (κ2) is 9.88. The highest BCUT2D eigenvalue weighted by Crippen LogP contribution is 1.93. The van der Waals surface area contributed by atoms with Gasteiger partial charge in [0.25, 0.3) is 0 Å². The van der Waals surface area contributed by atoms with Gasteiger partial charge in [0.2, 0.25) is 11.8 Å². The van der Waals surface area contributed by atoms with Crippen LogP contribution in [-0.2, 0) is 14.3 Å². The fourth-order valence-corrected chi connectivity index (χ4v) is 1.37. The highest BCUT2D eigenvalue weighted by molar-refractivity contribution is 5.78. The van der Waals surface area contributed by atoms with Crippen LogP contribution in [0.2, 0.25) is 0 Å². The Kier molecular flexibility index (Phi) is 9.28. The first-order valence-electron chi connectivity index (χ1n) is 6.59. The van der Waals surface area contributed by atoms with E-state index in [0.717, 1.165) is 6.42 Å². The predicted molar refractivity (Wildman–Crippen MR) is 71.3 cm³/mol. The third-order valence-electron chi connectivity index (χ3n) is 2.50. The highest BCUT2D eigenvalue weighted by atomic mass is 16.5. The van der Waals surface area contributed by atoms with E-state index in [1.54, 1.807) is 11.9 Å². The Morgan fingerprint density at radius 2 is 2.00 bits per heavy atom. The minimum Gasteiger partial charge on any atom is -0.379 e. The van der Waals surface area contributed by atoms with Gasteiger partial charge in [-0.15, -0.1) is 0 Å². The molecule has 1 N–H and O–H groups in total. The van der Waals surface area contributed by atoms with Gasteiger partial charge in [-0.25, -0.2) is 0 Å².